The van der Waals surface area contributed by atoms with Crippen LogP contribution < -0.4 is 10.9 Å². The topological polar surface area (TPSA) is 64.0 Å². The van der Waals surface area contributed by atoms with Crippen molar-refractivity contribution in [2.45, 2.75) is 32.0 Å². The maximum Gasteiger partial charge on any atom is 0.263 e. The second-order valence-corrected chi connectivity index (χ2v) is 8.14. The van der Waals surface area contributed by atoms with E-state index >= 15 is 0 Å². The van der Waals surface area contributed by atoms with Crippen molar-refractivity contribution < 1.29 is 4.79 Å². The number of nitrogens with zero attached hydrogens (tertiary/aromatic N) is 2. The number of aromatic nitrogens is 2. The lowest BCUT2D eigenvalue weighted by Crippen LogP contribution is -2.23. The molecule has 0 aliphatic rings. The van der Waals surface area contributed by atoms with Crippen molar-refractivity contribution in [1.29, 1.82) is 0 Å². The summed E-state index contributed by atoms with van der Waals surface area (Å²) in [6.07, 6.45) is 2.53. The summed E-state index contributed by atoms with van der Waals surface area (Å²) in [6, 6.07) is 9.54. The zero-order valence-electron chi connectivity index (χ0n) is 15.3. The molecule has 0 radical (unpaired) electrons. The number of thioether (sulfide) groups is 1. The Bertz CT molecular complexity index is 1040. The number of thiophene rings is 1. The largest absolute Gasteiger partial charge is 0.325 e. The zero-order valence-corrected chi connectivity index (χ0v) is 17.0. The van der Waals surface area contributed by atoms with Crippen LogP contribution >= 0.6 is 23.1 Å². The molecule has 0 spiro atoms. The third kappa shape index (κ3) is 4.48. The number of anilines is 1. The molecule has 3 aromatic rings. The van der Waals surface area contributed by atoms with E-state index in [0.29, 0.717) is 17.1 Å². The van der Waals surface area contributed by atoms with Crippen molar-refractivity contribution in [2.24, 2.45) is 0 Å². The van der Waals surface area contributed by atoms with Gasteiger partial charge in [-0.1, -0.05) is 42.5 Å². The van der Waals surface area contributed by atoms with Crippen LogP contribution in [0, 0.1) is 6.92 Å². The summed E-state index contributed by atoms with van der Waals surface area (Å²) >= 11 is 2.79. The second-order valence-electron chi connectivity index (χ2n) is 6.09. The first-order valence-electron chi connectivity index (χ1n) is 8.65. The minimum Gasteiger partial charge on any atom is -0.325 e. The van der Waals surface area contributed by atoms with E-state index in [1.165, 1.54) is 23.1 Å². The number of hydrogen-bond acceptors (Lipinski definition) is 5. The summed E-state index contributed by atoms with van der Waals surface area (Å²) in [5, 5.41) is 4.03. The number of hydrogen-bond donors (Lipinski definition) is 1. The van der Waals surface area contributed by atoms with E-state index in [9.17, 15) is 9.59 Å². The molecule has 0 bridgehead atoms. The Morgan fingerprint density at radius 1 is 1.37 bits per heavy atom. The summed E-state index contributed by atoms with van der Waals surface area (Å²) in [5.74, 6) is 0.0402. The number of amides is 1. The van der Waals surface area contributed by atoms with Gasteiger partial charge in [0.2, 0.25) is 5.91 Å². The van der Waals surface area contributed by atoms with Crippen molar-refractivity contribution >= 4 is 44.9 Å². The Morgan fingerprint density at radius 3 is 2.78 bits per heavy atom. The highest BCUT2D eigenvalue weighted by Gasteiger charge is 2.15. The number of nitrogens with one attached hydrogen (secondary N) is 1. The minimum absolute atomic E-state index is 0.0858. The van der Waals surface area contributed by atoms with Crippen LogP contribution in [0.4, 0.5) is 5.69 Å². The van der Waals surface area contributed by atoms with Gasteiger partial charge >= 0.3 is 0 Å². The Balaban J connectivity index is 1.81. The molecule has 27 heavy (non-hydrogen) atoms. The Kier molecular flexibility index (Phi) is 6.13. The van der Waals surface area contributed by atoms with Gasteiger partial charge < -0.3 is 5.32 Å². The molecule has 140 valence electrons. The lowest BCUT2D eigenvalue weighted by Gasteiger charge is -2.10. The zero-order chi connectivity index (χ0) is 19.4. The highest BCUT2D eigenvalue weighted by Crippen LogP contribution is 2.25. The summed E-state index contributed by atoms with van der Waals surface area (Å²) < 4.78 is 1.57. The van der Waals surface area contributed by atoms with E-state index in [2.05, 4.69) is 23.8 Å². The molecular formula is C20H21N3O2S2. The first kappa shape index (κ1) is 19.4. The van der Waals surface area contributed by atoms with Gasteiger partial charge in [-0.2, -0.15) is 0 Å². The second kappa shape index (κ2) is 8.54. The van der Waals surface area contributed by atoms with E-state index in [1.807, 2.05) is 37.3 Å². The lowest BCUT2D eigenvalue weighted by molar-refractivity contribution is -0.113. The van der Waals surface area contributed by atoms with E-state index in [0.717, 1.165) is 27.4 Å². The van der Waals surface area contributed by atoms with E-state index in [4.69, 9.17) is 0 Å². The molecule has 3 rings (SSSR count). The van der Waals surface area contributed by atoms with Gasteiger partial charge in [0, 0.05) is 17.1 Å². The Hall–Kier alpha value is -2.38. The molecule has 1 aromatic carbocycles. The van der Waals surface area contributed by atoms with E-state index < -0.39 is 0 Å². The van der Waals surface area contributed by atoms with Crippen LogP contribution in [0.3, 0.4) is 0 Å². The highest BCUT2D eigenvalue weighted by molar-refractivity contribution is 7.99. The first-order chi connectivity index (χ1) is 13.0. The summed E-state index contributed by atoms with van der Waals surface area (Å²) in [5.41, 5.74) is 1.80. The maximum atomic E-state index is 12.8. The van der Waals surface area contributed by atoms with Gasteiger partial charge in [0.1, 0.15) is 4.83 Å². The number of allylic oxidation sites excluding steroid dienone is 1. The molecule has 0 saturated carbocycles. The average Bonchev–Trinajstić information content (AvgIpc) is 3.08. The number of carbonyl (C=O) groups excluding carboxylic acids is 1. The van der Waals surface area contributed by atoms with Gasteiger partial charge in [-0.3, -0.25) is 14.2 Å². The van der Waals surface area contributed by atoms with Crippen LogP contribution in [-0.4, -0.2) is 21.2 Å². The van der Waals surface area contributed by atoms with E-state index in [-0.39, 0.29) is 17.2 Å². The molecule has 1 amide bonds. The number of carbonyl (C=O) groups is 1. The van der Waals surface area contributed by atoms with E-state index in [1.54, 1.807) is 10.6 Å². The van der Waals surface area contributed by atoms with Crippen LogP contribution in [0.5, 0.6) is 0 Å². The summed E-state index contributed by atoms with van der Waals surface area (Å²) in [6.45, 7) is 8.14. The molecule has 2 heterocycles. The molecule has 0 unspecified atom stereocenters. The fourth-order valence-electron chi connectivity index (χ4n) is 2.59. The monoisotopic (exact) mass is 399 g/mol. The predicted molar refractivity (Wildman–Crippen MR) is 114 cm³/mol. The molecule has 0 fully saturated rings. The third-order valence-corrected chi connectivity index (χ3v) is 6.14. The van der Waals surface area contributed by atoms with Gasteiger partial charge in [0.15, 0.2) is 5.16 Å². The standard InChI is InChI=1S/C20H21N3O2S2/c1-4-10-23-19(25)16-11-15(5-2)27-18(16)22-20(23)26-12-17(24)21-14-8-6-13(3)7-9-14/h4,6-9,11H,1,5,10,12H2,2-3H3,(H,21,24). The average molecular weight is 400 g/mol. The van der Waals surface area contributed by atoms with Crippen molar-refractivity contribution in [3.05, 3.63) is 63.8 Å². The molecule has 0 aliphatic carbocycles. The van der Waals surface area contributed by atoms with Crippen LogP contribution in [-0.2, 0) is 17.8 Å². The van der Waals surface area contributed by atoms with Gasteiger partial charge in [-0.25, -0.2) is 4.98 Å². The molecule has 0 saturated heterocycles. The fraction of sp³-hybridized carbons (Fsp3) is 0.250. The maximum absolute atomic E-state index is 12.8. The molecule has 7 heteroatoms. The van der Waals surface area contributed by atoms with Crippen LogP contribution in [0.15, 0.2) is 52.9 Å². The Labute approximate surface area is 166 Å². The lowest BCUT2D eigenvalue weighted by atomic mass is 10.2. The van der Waals surface area contributed by atoms with Crippen LogP contribution in [0.25, 0.3) is 10.2 Å². The van der Waals surface area contributed by atoms with Crippen molar-refractivity contribution in [2.75, 3.05) is 11.1 Å². The minimum atomic E-state index is -0.135. The quantitative estimate of drug-likeness (QED) is 0.367. The van der Waals surface area contributed by atoms with Gasteiger partial charge in [0.25, 0.3) is 5.56 Å². The van der Waals surface area contributed by atoms with Gasteiger partial charge in [-0.05, 0) is 31.5 Å². The number of aryl methyl sites for hydroxylation is 2. The first-order valence-corrected chi connectivity index (χ1v) is 10.5. The molecule has 2 aromatic heterocycles. The van der Waals surface area contributed by atoms with Crippen molar-refractivity contribution in [3.8, 4) is 0 Å². The SMILES string of the molecule is C=CCn1c(SCC(=O)Nc2ccc(C)cc2)nc2sc(CC)cc2c1=O. The summed E-state index contributed by atoms with van der Waals surface area (Å²) in [4.78, 5) is 31.6. The fourth-order valence-corrected chi connectivity index (χ4v) is 4.40. The smallest absolute Gasteiger partial charge is 0.263 e. The normalized spacial score (nSPS) is 10.9. The molecule has 0 aliphatic heterocycles. The van der Waals surface area contributed by atoms with Gasteiger partial charge in [-0.15, -0.1) is 17.9 Å². The number of fused-ring (bicyclic) bond motifs is 1. The number of benzene rings is 1. The molecular weight excluding hydrogens is 378 g/mol. The highest BCUT2D eigenvalue weighted by atomic mass is 32.2. The summed E-state index contributed by atoms with van der Waals surface area (Å²) in [7, 11) is 0. The number of rotatable bonds is 7. The van der Waals surface area contributed by atoms with Crippen LogP contribution in [0.1, 0.15) is 17.4 Å². The van der Waals surface area contributed by atoms with Crippen molar-refractivity contribution in [1.82, 2.24) is 9.55 Å². The van der Waals surface area contributed by atoms with Gasteiger partial charge in [0.05, 0.1) is 11.1 Å². The van der Waals surface area contributed by atoms with Crippen molar-refractivity contribution in [3.63, 3.8) is 0 Å². The third-order valence-electron chi connectivity index (χ3n) is 3.99. The van der Waals surface area contributed by atoms with Crippen LogP contribution in [0.2, 0.25) is 0 Å². The molecule has 1 N–H and O–H groups in total. The molecule has 0 atom stereocenters. The molecule has 5 nitrogen and oxygen atoms in total. The Morgan fingerprint density at radius 2 is 2.11 bits per heavy atom. The predicted octanol–water partition coefficient (Wildman–Crippen LogP) is 4.25.